The molecular formula is C14H22F3NO3S. The highest BCUT2D eigenvalue weighted by molar-refractivity contribution is 7.87. The number of hydrogen-bond donors (Lipinski definition) is 0. The molecule has 2 rings (SSSR count). The molecule has 1 heterocycles. The van der Waals surface area contributed by atoms with E-state index in [4.69, 9.17) is 0 Å². The largest absolute Gasteiger partial charge is 0.534 e. The van der Waals surface area contributed by atoms with E-state index in [2.05, 4.69) is 9.08 Å². The van der Waals surface area contributed by atoms with Crippen molar-refractivity contribution in [2.24, 2.45) is 5.92 Å². The summed E-state index contributed by atoms with van der Waals surface area (Å²) >= 11 is 0. The lowest BCUT2D eigenvalue weighted by Crippen LogP contribution is -2.26. The van der Waals surface area contributed by atoms with Gasteiger partial charge in [-0.3, -0.25) is 0 Å². The van der Waals surface area contributed by atoms with Crippen LogP contribution in [0.25, 0.3) is 0 Å². The number of alkyl halides is 3. The van der Waals surface area contributed by atoms with Crippen molar-refractivity contribution < 1.29 is 25.8 Å². The fourth-order valence-corrected chi connectivity index (χ4v) is 3.53. The Morgan fingerprint density at radius 1 is 1.27 bits per heavy atom. The molecule has 0 N–H and O–H groups in total. The molecule has 128 valence electrons. The van der Waals surface area contributed by atoms with Crippen LogP contribution in [0.3, 0.4) is 0 Å². The van der Waals surface area contributed by atoms with E-state index in [0.29, 0.717) is 18.8 Å². The second kappa shape index (κ2) is 7.21. The maximum atomic E-state index is 12.2. The molecular weight excluding hydrogens is 319 g/mol. The van der Waals surface area contributed by atoms with Gasteiger partial charge in [-0.05, 0) is 70.2 Å². The van der Waals surface area contributed by atoms with Gasteiger partial charge >= 0.3 is 15.6 Å². The minimum atomic E-state index is -5.52. The van der Waals surface area contributed by atoms with E-state index < -0.39 is 15.6 Å². The van der Waals surface area contributed by atoms with E-state index in [0.717, 1.165) is 32.5 Å². The van der Waals surface area contributed by atoms with Crippen molar-refractivity contribution in [2.75, 3.05) is 19.6 Å². The van der Waals surface area contributed by atoms with Gasteiger partial charge in [0.05, 0.1) is 0 Å². The molecule has 1 unspecified atom stereocenters. The van der Waals surface area contributed by atoms with Crippen LogP contribution in [0.15, 0.2) is 11.8 Å². The maximum Gasteiger partial charge on any atom is 0.534 e. The van der Waals surface area contributed by atoms with Gasteiger partial charge in [0.1, 0.15) is 5.76 Å². The molecule has 0 radical (unpaired) electrons. The van der Waals surface area contributed by atoms with Gasteiger partial charge in [0, 0.05) is 6.42 Å². The Morgan fingerprint density at radius 3 is 2.50 bits per heavy atom. The molecule has 22 heavy (non-hydrogen) atoms. The molecule has 0 amide bonds. The van der Waals surface area contributed by atoms with Gasteiger partial charge in [-0.1, -0.05) is 0 Å². The monoisotopic (exact) mass is 341 g/mol. The Hall–Kier alpha value is -0.760. The quantitative estimate of drug-likeness (QED) is 0.549. The number of halogens is 3. The summed E-state index contributed by atoms with van der Waals surface area (Å²) in [5.41, 5.74) is -5.36. The Kier molecular flexibility index (Phi) is 5.76. The van der Waals surface area contributed by atoms with Gasteiger partial charge < -0.3 is 9.08 Å². The lowest BCUT2D eigenvalue weighted by molar-refractivity contribution is -0.0524. The molecule has 0 aromatic rings. The number of likely N-dealkylation sites (tertiary alicyclic amines) is 1. The van der Waals surface area contributed by atoms with Crippen LogP contribution in [0.1, 0.15) is 44.9 Å². The number of nitrogens with zero attached hydrogens (tertiary/aromatic N) is 1. The number of hydrogen-bond acceptors (Lipinski definition) is 4. The van der Waals surface area contributed by atoms with Gasteiger partial charge in [-0.25, -0.2) is 0 Å². The van der Waals surface area contributed by atoms with Gasteiger partial charge in [0.15, 0.2) is 0 Å². The topological polar surface area (TPSA) is 46.6 Å². The Morgan fingerprint density at radius 2 is 1.95 bits per heavy atom. The fourth-order valence-electron chi connectivity index (χ4n) is 3.00. The summed E-state index contributed by atoms with van der Waals surface area (Å²) in [5.74, 6) is 0.330. The van der Waals surface area contributed by atoms with Crippen molar-refractivity contribution in [2.45, 2.75) is 50.5 Å². The summed E-state index contributed by atoms with van der Waals surface area (Å²) in [5, 5.41) is 0. The zero-order chi connectivity index (χ0) is 16.2. The molecule has 1 saturated heterocycles. The summed E-state index contributed by atoms with van der Waals surface area (Å²) in [7, 11) is -5.52. The third-order valence-corrected chi connectivity index (χ3v) is 5.26. The van der Waals surface area contributed by atoms with Crippen molar-refractivity contribution >= 4 is 10.1 Å². The molecule has 1 atom stereocenters. The maximum absolute atomic E-state index is 12.2. The van der Waals surface area contributed by atoms with Gasteiger partial charge in [-0.15, -0.1) is 0 Å². The van der Waals surface area contributed by atoms with Crippen LogP contribution in [0.4, 0.5) is 13.2 Å². The highest BCUT2D eigenvalue weighted by Crippen LogP contribution is 2.32. The summed E-state index contributed by atoms with van der Waals surface area (Å²) in [4.78, 5) is 2.43. The summed E-state index contributed by atoms with van der Waals surface area (Å²) in [6.07, 6.45) is 7.64. The average molecular weight is 341 g/mol. The lowest BCUT2D eigenvalue weighted by Gasteiger charge is -2.23. The highest BCUT2D eigenvalue weighted by atomic mass is 32.2. The molecule has 0 spiro atoms. The lowest BCUT2D eigenvalue weighted by atomic mass is 9.89. The first-order chi connectivity index (χ1) is 10.3. The van der Waals surface area contributed by atoms with Crippen molar-refractivity contribution in [1.29, 1.82) is 0 Å². The van der Waals surface area contributed by atoms with Gasteiger partial charge in [-0.2, -0.15) is 21.6 Å². The second-order valence-electron chi connectivity index (χ2n) is 5.99. The minimum absolute atomic E-state index is 0.0758. The van der Waals surface area contributed by atoms with E-state index in [1.807, 2.05) is 0 Å². The highest BCUT2D eigenvalue weighted by Gasteiger charge is 2.48. The summed E-state index contributed by atoms with van der Waals surface area (Å²) in [6.45, 7) is 3.40. The van der Waals surface area contributed by atoms with Crippen LogP contribution in [-0.2, 0) is 14.3 Å². The SMILES string of the molecule is O=S(=O)(OC1=CCC(CCCN2CCCC2)CC1)C(F)(F)F. The Labute approximate surface area is 129 Å². The van der Waals surface area contributed by atoms with Crippen LogP contribution in [0, 0.1) is 5.92 Å². The van der Waals surface area contributed by atoms with Crippen LogP contribution < -0.4 is 0 Å². The Balaban J connectivity index is 1.72. The molecule has 0 bridgehead atoms. The Bertz CT molecular complexity index is 496. The standard InChI is InChI=1S/C14H22F3NO3S/c15-14(16,17)22(19,20)21-13-7-5-12(6-8-13)4-3-11-18-9-1-2-10-18/h7,12H,1-6,8-11H2. The number of rotatable bonds is 6. The van der Waals surface area contributed by atoms with E-state index >= 15 is 0 Å². The zero-order valence-corrected chi connectivity index (χ0v) is 13.3. The van der Waals surface area contributed by atoms with Crippen molar-refractivity contribution in [1.82, 2.24) is 4.90 Å². The fraction of sp³-hybridized carbons (Fsp3) is 0.857. The van der Waals surface area contributed by atoms with E-state index in [9.17, 15) is 21.6 Å². The van der Waals surface area contributed by atoms with E-state index in [1.165, 1.54) is 18.9 Å². The molecule has 0 aromatic carbocycles. The molecule has 2 aliphatic rings. The van der Waals surface area contributed by atoms with Crippen LogP contribution >= 0.6 is 0 Å². The zero-order valence-electron chi connectivity index (χ0n) is 12.4. The number of allylic oxidation sites excluding steroid dienone is 2. The molecule has 0 aromatic heterocycles. The normalized spacial score (nSPS) is 24.3. The molecule has 1 aliphatic carbocycles. The van der Waals surface area contributed by atoms with Crippen molar-refractivity contribution in [3.05, 3.63) is 11.8 Å². The molecule has 0 saturated carbocycles. The average Bonchev–Trinajstić information content (AvgIpc) is 2.92. The minimum Gasteiger partial charge on any atom is -0.381 e. The first-order valence-corrected chi connectivity index (χ1v) is 9.11. The van der Waals surface area contributed by atoms with Crippen LogP contribution in [-0.4, -0.2) is 38.5 Å². The van der Waals surface area contributed by atoms with Crippen molar-refractivity contribution in [3.8, 4) is 0 Å². The third kappa shape index (κ3) is 4.87. The predicted octanol–water partition coefficient (Wildman–Crippen LogP) is 3.41. The smallest absolute Gasteiger partial charge is 0.381 e. The summed E-state index contributed by atoms with van der Waals surface area (Å²) < 4.78 is 62.7. The van der Waals surface area contributed by atoms with Crippen LogP contribution in [0.2, 0.25) is 0 Å². The van der Waals surface area contributed by atoms with E-state index in [-0.39, 0.29) is 12.2 Å². The summed E-state index contributed by atoms with van der Waals surface area (Å²) in [6, 6.07) is 0. The van der Waals surface area contributed by atoms with Crippen LogP contribution in [0.5, 0.6) is 0 Å². The molecule has 1 aliphatic heterocycles. The first kappa shape index (κ1) is 17.6. The van der Waals surface area contributed by atoms with Gasteiger partial charge in [0.2, 0.25) is 0 Å². The molecule has 4 nitrogen and oxygen atoms in total. The molecule has 8 heteroatoms. The third-order valence-electron chi connectivity index (χ3n) is 4.26. The second-order valence-corrected chi connectivity index (χ2v) is 7.52. The predicted molar refractivity (Wildman–Crippen MR) is 76.4 cm³/mol. The van der Waals surface area contributed by atoms with Crippen molar-refractivity contribution in [3.63, 3.8) is 0 Å². The van der Waals surface area contributed by atoms with Gasteiger partial charge in [0.25, 0.3) is 0 Å². The molecule has 1 fully saturated rings. The first-order valence-electron chi connectivity index (χ1n) is 7.70. The van der Waals surface area contributed by atoms with E-state index in [1.54, 1.807) is 0 Å².